The van der Waals surface area contributed by atoms with Crippen LogP contribution in [0.1, 0.15) is 10.4 Å². The Hall–Kier alpha value is 0.756. The molecule has 54 valence electrons. The van der Waals surface area contributed by atoms with Crippen LogP contribution < -0.4 is 56.9 Å². The van der Waals surface area contributed by atoms with Crippen LogP contribution in [0.5, 0.6) is 0 Å². The number of hydrogen-bond acceptors (Lipinski definition) is 4. The fourth-order valence-electron chi connectivity index (χ4n) is 0.472. The van der Waals surface area contributed by atoms with E-state index in [1.165, 1.54) is 0 Å². The molecule has 0 aromatic carbocycles. The van der Waals surface area contributed by atoms with Gasteiger partial charge in [0, 0.05) is 0 Å². The summed E-state index contributed by atoms with van der Waals surface area (Å²) in [4.78, 5) is 20.8. The maximum atomic E-state index is 10.6. The van der Waals surface area contributed by atoms with Crippen LogP contribution >= 0.6 is 11.5 Å². The molecule has 0 atom stereocenters. The molecule has 0 aliphatic heterocycles. The number of aromatic nitrogens is 1. The minimum Gasteiger partial charge on any atom is -0.478 e. The number of carbonyl (C=O) groups is 1. The van der Waals surface area contributed by atoms with Crippen molar-refractivity contribution in [1.29, 1.82) is 0 Å². The third-order valence-electron chi connectivity index (χ3n) is 0.881. The number of nitrogens with one attached hydrogen (secondary N) is 1. The molecule has 0 saturated heterocycles. The maximum Gasteiger partial charge on any atom is 1.00 e. The Morgan fingerprint density at radius 2 is 2.18 bits per heavy atom. The van der Waals surface area contributed by atoms with Gasteiger partial charge in [0.25, 0.3) is 5.56 Å². The quantitative estimate of drug-likeness (QED) is 0.388. The number of carboxylic acids is 1. The van der Waals surface area contributed by atoms with E-state index in [9.17, 15) is 9.59 Å². The SMILES string of the molecule is O=C(O)c1c([S-])s[nH]c1=O.[K+]. The van der Waals surface area contributed by atoms with Crippen LogP contribution in [0.25, 0.3) is 0 Å². The van der Waals surface area contributed by atoms with Crippen molar-refractivity contribution < 1.29 is 61.3 Å². The largest absolute Gasteiger partial charge is 1.00 e. The van der Waals surface area contributed by atoms with Crippen molar-refractivity contribution in [2.75, 3.05) is 0 Å². The van der Waals surface area contributed by atoms with E-state index in [0.29, 0.717) is 0 Å². The molecule has 0 fully saturated rings. The van der Waals surface area contributed by atoms with Gasteiger partial charge in [0.15, 0.2) is 0 Å². The normalized spacial score (nSPS) is 8.73. The second-order valence-electron chi connectivity index (χ2n) is 1.50. The molecule has 0 spiro atoms. The number of rotatable bonds is 1. The average molecular weight is 215 g/mol. The minimum absolute atomic E-state index is 0. The van der Waals surface area contributed by atoms with Gasteiger partial charge >= 0.3 is 57.4 Å². The predicted octanol–water partition coefficient (Wildman–Crippen LogP) is -2.96. The summed E-state index contributed by atoms with van der Waals surface area (Å²) in [5.41, 5.74) is -0.956. The van der Waals surface area contributed by atoms with E-state index in [1.54, 1.807) is 0 Å². The average Bonchev–Trinajstić information content (AvgIpc) is 2.11. The molecule has 2 N–H and O–H groups in total. The van der Waals surface area contributed by atoms with Crippen molar-refractivity contribution in [3.63, 3.8) is 0 Å². The molecule has 4 nitrogen and oxygen atoms in total. The van der Waals surface area contributed by atoms with Crippen LogP contribution in [0.15, 0.2) is 9.00 Å². The molecule has 1 heterocycles. The predicted molar refractivity (Wildman–Crippen MR) is 37.5 cm³/mol. The fraction of sp³-hybridized carbons (Fsp3) is 0. The number of H-pyrrole nitrogens is 1. The Labute approximate surface area is 114 Å². The number of hydrogen-bond donors (Lipinski definition) is 2. The molecule has 7 heteroatoms. The van der Waals surface area contributed by atoms with E-state index in [0.717, 1.165) is 11.5 Å². The molecule has 1 rings (SSSR count). The summed E-state index contributed by atoms with van der Waals surface area (Å²) in [5.74, 6) is -1.27. The smallest absolute Gasteiger partial charge is 0.478 e. The van der Waals surface area contributed by atoms with Gasteiger partial charge in [-0.15, -0.1) is 0 Å². The van der Waals surface area contributed by atoms with E-state index in [1.807, 2.05) is 0 Å². The Bertz CT molecular complexity index is 317. The second-order valence-corrected chi connectivity index (χ2v) is 2.98. The summed E-state index contributed by atoms with van der Waals surface area (Å²) in [5, 5.41) is 8.36. The van der Waals surface area contributed by atoms with Crippen LogP contribution in [0.3, 0.4) is 0 Å². The van der Waals surface area contributed by atoms with Crippen LogP contribution in [0, 0.1) is 0 Å². The second kappa shape index (κ2) is 4.70. The topological polar surface area (TPSA) is 70.2 Å². The van der Waals surface area contributed by atoms with E-state index < -0.39 is 11.5 Å². The number of aromatic amines is 1. The van der Waals surface area contributed by atoms with Crippen LogP contribution in [0.2, 0.25) is 0 Å². The molecular formula is C4H2KNO3S2. The van der Waals surface area contributed by atoms with Crippen LogP contribution in [-0.2, 0) is 12.6 Å². The molecule has 0 unspecified atom stereocenters. The molecule has 11 heavy (non-hydrogen) atoms. The van der Waals surface area contributed by atoms with E-state index in [2.05, 4.69) is 17.0 Å². The van der Waals surface area contributed by atoms with Crippen LogP contribution in [0.4, 0.5) is 0 Å². The molecule has 0 saturated carbocycles. The molecule has 0 amide bonds. The Balaban J connectivity index is 0.000001000. The maximum absolute atomic E-state index is 10.6. The first-order valence-corrected chi connectivity index (χ1v) is 3.47. The fourth-order valence-corrected chi connectivity index (χ4v) is 1.35. The zero-order valence-electron chi connectivity index (χ0n) is 5.58. The van der Waals surface area contributed by atoms with Crippen molar-refractivity contribution in [2.45, 2.75) is 4.21 Å². The van der Waals surface area contributed by atoms with Gasteiger partial charge < -0.3 is 22.1 Å². The molecular weight excluding hydrogens is 213 g/mol. The first kappa shape index (κ1) is 11.8. The zero-order chi connectivity index (χ0) is 7.72. The first-order valence-electron chi connectivity index (χ1n) is 2.24. The third-order valence-corrected chi connectivity index (χ3v) is 2.01. The summed E-state index contributed by atoms with van der Waals surface area (Å²) < 4.78 is 2.31. The van der Waals surface area contributed by atoms with Crippen molar-refractivity contribution in [3.05, 3.63) is 15.9 Å². The van der Waals surface area contributed by atoms with Crippen LogP contribution in [-0.4, -0.2) is 15.4 Å². The van der Waals surface area contributed by atoms with E-state index >= 15 is 0 Å². The van der Waals surface area contributed by atoms with E-state index in [4.69, 9.17) is 5.11 Å². The van der Waals surface area contributed by atoms with Crippen molar-refractivity contribution in [2.24, 2.45) is 0 Å². The Morgan fingerprint density at radius 3 is 2.36 bits per heavy atom. The molecule has 0 radical (unpaired) electrons. The molecule has 1 aromatic rings. The van der Waals surface area contributed by atoms with Gasteiger partial charge in [-0.1, -0.05) is 4.21 Å². The standard InChI is InChI=1S/C4H3NO3S2.K/c6-2-1(3(7)8)4(9)10-5-2;/h9H,(H,5,6)(H,7,8);/q;+1/p-1. The zero-order valence-corrected chi connectivity index (χ0v) is 10.3. The summed E-state index contributed by atoms with van der Waals surface area (Å²) in [6.45, 7) is 0. The van der Waals surface area contributed by atoms with Crippen molar-refractivity contribution in [1.82, 2.24) is 4.37 Å². The Kier molecular flexibility index (Phi) is 5.03. The molecule has 0 aliphatic rings. The van der Waals surface area contributed by atoms with Crippen molar-refractivity contribution in [3.8, 4) is 0 Å². The van der Waals surface area contributed by atoms with Crippen molar-refractivity contribution >= 4 is 30.1 Å². The third kappa shape index (κ3) is 2.62. The summed E-state index contributed by atoms with van der Waals surface area (Å²) in [7, 11) is 0. The van der Waals surface area contributed by atoms with Gasteiger partial charge in [0.2, 0.25) is 0 Å². The monoisotopic (exact) mass is 215 g/mol. The molecule has 1 aromatic heterocycles. The summed E-state index contributed by atoms with van der Waals surface area (Å²) in [6.07, 6.45) is 0. The van der Waals surface area contributed by atoms with Gasteiger partial charge in [-0.3, -0.25) is 16.3 Å². The van der Waals surface area contributed by atoms with Gasteiger partial charge in [0.05, 0.1) is 0 Å². The van der Waals surface area contributed by atoms with Gasteiger partial charge in [-0.05, 0) is 0 Å². The first-order chi connectivity index (χ1) is 4.63. The number of aromatic carboxylic acids is 1. The summed E-state index contributed by atoms with van der Waals surface area (Å²) in [6, 6.07) is 0. The van der Waals surface area contributed by atoms with Gasteiger partial charge in [0.1, 0.15) is 5.56 Å². The minimum atomic E-state index is -1.27. The summed E-state index contributed by atoms with van der Waals surface area (Å²) >= 11 is 5.41. The molecule has 0 bridgehead atoms. The van der Waals surface area contributed by atoms with Gasteiger partial charge in [-0.2, -0.15) is 0 Å². The molecule has 0 aliphatic carbocycles. The van der Waals surface area contributed by atoms with Gasteiger partial charge in [-0.25, -0.2) is 4.79 Å². The van der Waals surface area contributed by atoms with E-state index in [-0.39, 0.29) is 61.2 Å². The Morgan fingerprint density at radius 1 is 1.64 bits per heavy atom. The number of carboxylic acid groups (broad SMARTS) is 1.